The highest BCUT2D eigenvalue weighted by Crippen LogP contribution is 2.66. The number of carbonyl (C=O) groups is 5. The molecular weight excluding hydrogens is 1040 g/mol. The van der Waals surface area contributed by atoms with E-state index in [1.165, 1.54) is 7.11 Å². The fourth-order valence-corrected chi connectivity index (χ4v) is 12.6. The van der Waals surface area contributed by atoms with E-state index >= 15 is 19.2 Å². The fraction of sp³-hybridized carbons (Fsp3) is 0.338. The third-order valence-electron chi connectivity index (χ3n) is 16.3. The first-order valence-electron chi connectivity index (χ1n) is 27.8. The number of amides is 4. The molecule has 3 fully saturated rings. The fourth-order valence-electron chi connectivity index (χ4n) is 12.6. The molecule has 5 heterocycles. The van der Waals surface area contributed by atoms with Crippen LogP contribution in [0.25, 0.3) is 0 Å². The zero-order valence-corrected chi connectivity index (χ0v) is 46.3. The molecule has 2 N–H and O–H groups in total. The van der Waals surface area contributed by atoms with Crippen molar-refractivity contribution in [3.63, 3.8) is 0 Å². The third kappa shape index (κ3) is 10.5. The van der Waals surface area contributed by atoms with Crippen molar-refractivity contribution >= 4 is 35.5 Å². The first kappa shape index (κ1) is 55.4. The van der Waals surface area contributed by atoms with E-state index in [1.54, 1.807) is 55.1 Å². The van der Waals surface area contributed by atoms with E-state index in [-0.39, 0.29) is 44.3 Å². The number of hydrogen-bond donors (Lipinski definition) is 2. The number of urea groups is 1. The number of imide groups is 1. The lowest BCUT2D eigenvalue weighted by molar-refractivity contribution is -0.179. The second kappa shape index (κ2) is 23.9. The number of nitrogens with zero attached hydrogens (tertiary/aromatic N) is 5. The summed E-state index contributed by atoms with van der Waals surface area (Å²) in [5.74, 6) is 3.66. The number of cyclic esters (lactones) is 1. The maximum absolute atomic E-state index is 17.1. The molecule has 3 saturated heterocycles. The summed E-state index contributed by atoms with van der Waals surface area (Å²) in [6, 6.07) is 41.6. The van der Waals surface area contributed by atoms with Crippen LogP contribution in [0.5, 0.6) is 17.2 Å². The monoisotopic (exact) mass is 1110 g/mol. The smallest absolute Gasteiger partial charge is 0.329 e. The van der Waals surface area contributed by atoms with E-state index in [0.717, 1.165) is 21.6 Å². The van der Waals surface area contributed by atoms with Crippen LogP contribution in [-0.2, 0) is 47.2 Å². The number of aliphatic hydroxyl groups excluding tert-OH is 1. The van der Waals surface area contributed by atoms with Crippen LogP contribution in [0.2, 0.25) is 0 Å². The van der Waals surface area contributed by atoms with Gasteiger partial charge in [-0.2, -0.15) is 0 Å². The Morgan fingerprint density at radius 1 is 0.780 bits per heavy atom. The molecule has 7 atom stereocenters. The van der Waals surface area contributed by atoms with E-state index in [1.807, 2.05) is 115 Å². The summed E-state index contributed by atoms with van der Waals surface area (Å²) < 4.78 is 29.3. The molecule has 5 aliphatic rings. The number of aliphatic hydroxyl groups is 1. The predicted octanol–water partition coefficient (Wildman–Crippen LogP) is 7.19. The molecule has 0 aliphatic carbocycles. The molecule has 17 nitrogen and oxygen atoms in total. The topological polar surface area (TPSA) is 180 Å². The van der Waals surface area contributed by atoms with Crippen LogP contribution in [0.1, 0.15) is 71.0 Å². The Morgan fingerprint density at radius 3 is 2.18 bits per heavy atom. The van der Waals surface area contributed by atoms with Crippen molar-refractivity contribution < 1.29 is 52.8 Å². The first-order valence-corrected chi connectivity index (χ1v) is 27.8. The number of morpholine rings is 1. The van der Waals surface area contributed by atoms with Crippen LogP contribution in [-0.4, -0.2) is 133 Å². The number of anilines is 1. The van der Waals surface area contributed by atoms with E-state index in [4.69, 9.17) is 23.7 Å². The molecule has 5 aliphatic heterocycles. The van der Waals surface area contributed by atoms with Crippen molar-refractivity contribution in [2.45, 2.75) is 62.6 Å². The molecule has 422 valence electrons. The number of piperazine rings is 1. The zero-order chi connectivity index (χ0) is 57.1. The van der Waals surface area contributed by atoms with Gasteiger partial charge in [-0.05, 0) is 88.8 Å². The van der Waals surface area contributed by atoms with Crippen molar-refractivity contribution in [2.24, 2.45) is 11.8 Å². The predicted molar refractivity (Wildman–Crippen MR) is 304 cm³/mol. The number of rotatable bonds is 15. The van der Waals surface area contributed by atoms with Crippen LogP contribution in [0.15, 0.2) is 152 Å². The van der Waals surface area contributed by atoms with Crippen molar-refractivity contribution in [1.29, 1.82) is 0 Å². The van der Waals surface area contributed by atoms with Crippen molar-refractivity contribution in [3.8, 4) is 29.1 Å². The molecule has 0 saturated carbocycles. The van der Waals surface area contributed by atoms with E-state index < -0.39 is 77.3 Å². The molecule has 6 aromatic carbocycles. The number of fused-ring (bicyclic) bond motifs is 4. The van der Waals surface area contributed by atoms with Gasteiger partial charge < -0.3 is 39.0 Å². The van der Waals surface area contributed by atoms with E-state index in [2.05, 4.69) is 39.1 Å². The molecular formula is C65H66N6O11. The highest BCUT2D eigenvalue weighted by molar-refractivity contribution is 6.25. The van der Waals surface area contributed by atoms with Crippen LogP contribution < -0.4 is 24.4 Å². The van der Waals surface area contributed by atoms with Crippen LogP contribution in [0.4, 0.5) is 10.5 Å². The average molecular weight is 1110 g/mol. The van der Waals surface area contributed by atoms with Crippen molar-refractivity contribution in [2.75, 3.05) is 71.8 Å². The molecule has 0 aromatic heterocycles. The van der Waals surface area contributed by atoms with Crippen LogP contribution in [0, 0.1) is 23.7 Å². The molecule has 0 radical (unpaired) electrons. The largest absolute Gasteiger partial charge is 0.491 e. The van der Waals surface area contributed by atoms with E-state index in [9.17, 15) is 9.90 Å². The summed E-state index contributed by atoms with van der Waals surface area (Å²) in [6.45, 7) is 6.31. The Balaban J connectivity index is 1.11. The molecule has 0 bridgehead atoms. The second-order valence-electron chi connectivity index (χ2n) is 21.7. The number of methoxy groups -OCH3 is 1. The minimum Gasteiger partial charge on any atom is -0.491 e. The Labute approximate surface area is 477 Å². The molecule has 11 rings (SSSR count). The number of hydrogen-bond acceptors (Lipinski definition) is 14. The van der Waals surface area contributed by atoms with Gasteiger partial charge in [0.1, 0.15) is 36.0 Å². The first-order chi connectivity index (χ1) is 39.9. The highest BCUT2D eigenvalue weighted by atomic mass is 16.7. The third-order valence-corrected chi connectivity index (χ3v) is 16.3. The van der Waals surface area contributed by atoms with Crippen LogP contribution >= 0.6 is 0 Å². The number of carbonyl (C=O) groups excluding carboxylic acids is 5. The number of benzene rings is 6. The maximum Gasteiger partial charge on any atom is 0.329 e. The minimum atomic E-state index is -2.11. The normalized spacial score (nSPS) is 22.3. The van der Waals surface area contributed by atoms with Gasteiger partial charge in [0, 0.05) is 44.8 Å². The minimum absolute atomic E-state index is 0.0438. The summed E-state index contributed by atoms with van der Waals surface area (Å²) in [5, 5.41) is 12.8. The second-order valence-corrected chi connectivity index (χ2v) is 21.7. The summed E-state index contributed by atoms with van der Waals surface area (Å²) in [6.07, 6.45) is -0.957. The SMILES string of the molecule is COC(=O)C(NC(=O)N1C(=O)C2(c3cc(C#CCN(C)Cc4ccccc4)ccc31)C(C(=O)N1CCN(Cc3ccc4c(c3)OCO4)CC1)C1C(=O)OC(c3ccccc3)C(c3ccccc3)N1C2c1cccc(OCCO)c1)C(C)C. The van der Waals surface area contributed by atoms with Gasteiger partial charge >= 0.3 is 18.0 Å². The Morgan fingerprint density at radius 2 is 1.48 bits per heavy atom. The Hall–Kier alpha value is -8.53. The van der Waals surface area contributed by atoms with Crippen LogP contribution in [0.3, 0.4) is 0 Å². The van der Waals surface area contributed by atoms with Crippen molar-refractivity contribution in [3.05, 3.63) is 191 Å². The lowest BCUT2D eigenvalue weighted by atomic mass is 9.64. The van der Waals surface area contributed by atoms with Gasteiger partial charge in [0.05, 0.1) is 44.0 Å². The van der Waals surface area contributed by atoms with Gasteiger partial charge in [-0.25, -0.2) is 14.5 Å². The summed E-state index contributed by atoms with van der Waals surface area (Å²) >= 11 is 0. The maximum atomic E-state index is 17.1. The average Bonchev–Trinajstić information content (AvgIpc) is 2.92. The Kier molecular flexibility index (Phi) is 16.1. The summed E-state index contributed by atoms with van der Waals surface area (Å²) in [7, 11) is 3.20. The van der Waals surface area contributed by atoms with Crippen molar-refractivity contribution in [1.82, 2.24) is 24.9 Å². The molecule has 7 unspecified atom stereocenters. The standard InChI is InChI=1S/C65H66N6O11/c1-42(2)55(61(74)78-4)66-64(77)70-51-27-25-43(18-15-29-67(3)39-44-16-8-5-9-17-44)36-50(51)65(63(70)76)54(60(73)69-32-30-68(31-33-69)40-45-26-28-52-53(37-45)81-41-80-52)57-62(75)82-58(47-21-12-7-13-22-47)56(46-19-10-6-11-20-46)71(57)59(65)48-23-14-24-49(38-48)79-35-34-72/h5-14,16-17,19-28,36-38,42,54-59,72H,29-35,39-41H2,1-4H3,(H,66,77). The number of nitrogens with one attached hydrogen (secondary N) is 1. The lowest BCUT2D eigenvalue weighted by Gasteiger charge is -2.46. The van der Waals surface area contributed by atoms with Gasteiger partial charge in [0.15, 0.2) is 11.5 Å². The number of esters is 2. The lowest BCUT2D eigenvalue weighted by Crippen LogP contribution is -2.59. The number of ether oxygens (including phenoxy) is 5. The van der Waals surface area contributed by atoms with Gasteiger partial charge in [0.25, 0.3) is 0 Å². The summed E-state index contributed by atoms with van der Waals surface area (Å²) in [5.41, 5.74) is 2.86. The molecule has 17 heteroatoms. The van der Waals surface area contributed by atoms with E-state index in [0.29, 0.717) is 66.7 Å². The Bertz CT molecular complexity index is 3400. The van der Waals surface area contributed by atoms with Gasteiger partial charge in [-0.1, -0.05) is 135 Å². The zero-order valence-electron chi connectivity index (χ0n) is 46.3. The quantitative estimate of drug-likeness (QED) is 0.0780. The van der Waals surface area contributed by atoms with Gasteiger partial charge in [-0.3, -0.25) is 29.1 Å². The molecule has 4 amide bonds. The molecule has 6 aromatic rings. The molecule has 1 spiro atoms. The van der Waals surface area contributed by atoms with Gasteiger partial charge in [0.2, 0.25) is 18.6 Å². The summed E-state index contributed by atoms with van der Waals surface area (Å²) in [4.78, 5) is 87.5. The van der Waals surface area contributed by atoms with Gasteiger partial charge in [-0.15, -0.1) is 0 Å². The highest BCUT2D eigenvalue weighted by Gasteiger charge is 2.76. The molecule has 82 heavy (non-hydrogen) atoms.